The molecule has 170 valence electrons. The number of ether oxygens (including phenoxy) is 2. The zero-order valence-electron chi connectivity index (χ0n) is 19.0. The number of nitrogens with zero attached hydrogens (tertiary/aromatic N) is 1. The van der Waals surface area contributed by atoms with Crippen molar-refractivity contribution in [1.82, 2.24) is 5.43 Å². The molecule has 4 aromatic carbocycles. The van der Waals surface area contributed by atoms with E-state index in [2.05, 4.69) is 29.6 Å². The lowest BCUT2D eigenvalue weighted by Crippen LogP contribution is -2.17. The minimum absolute atomic E-state index is 0.288. The number of nitrogens with one attached hydrogen (secondary N) is 1. The predicted octanol–water partition coefficient (Wildman–Crippen LogP) is 5.92. The van der Waals surface area contributed by atoms with Crippen LogP contribution in [0.25, 0.3) is 0 Å². The summed E-state index contributed by atoms with van der Waals surface area (Å²) in [6, 6.07) is 32.7. The standard InChI is InChI=1S/C29H26N2O3/c1-22-7-9-25(10-8-22)21-34-28-17-13-26(14-18-28)29(32)31-30-19-23-11-15-27(16-12-23)33-20-24-5-3-2-4-6-24/h2-19H,20-21H2,1H3,(H,31,32)/b30-19+. The molecule has 0 radical (unpaired) electrons. The van der Waals surface area contributed by atoms with Gasteiger partial charge in [0.05, 0.1) is 6.21 Å². The molecule has 1 amide bonds. The molecule has 0 saturated heterocycles. The van der Waals surface area contributed by atoms with Crippen LogP contribution in [0.3, 0.4) is 0 Å². The fraction of sp³-hybridized carbons (Fsp3) is 0.103. The molecule has 0 bridgehead atoms. The minimum Gasteiger partial charge on any atom is -0.489 e. The number of hydrogen-bond donors (Lipinski definition) is 1. The van der Waals surface area contributed by atoms with E-state index in [0.717, 1.165) is 22.4 Å². The summed E-state index contributed by atoms with van der Waals surface area (Å²) in [7, 11) is 0. The molecule has 0 aliphatic carbocycles. The summed E-state index contributed by atoms with van der Waals surface area (Å²) >= 11 is 0. The van der Waals surface area contributed by atoms with E-state index in [4.69, 9.17) is 9.47 Å². The van der Waals surface area contributed by atoms with Gasteiger partial charge in [0.15, 0.2) is 0 Å². The smallest absolute Gasteiger partial charge is 0.271 e. The highest BCUT2D eigenvalue weighted by atomic mass is 16.5. The lowest BCUT2D eigenvalue weighted by molar-refractivity contribution is 0.0955. The molecule has 0 fully saturated rings. The third kappa shape index (κ3) is 6.81. The van der Waals surface area contributed by atoms with Crippen molar-refractivity contribution in [2.24, 2.45) is 5.10 Å². The fourth-order valence-electron chi connectivity index (χ4n) is 3.17. The highest BCUT2D eigenvalue weighted by Gasteiger charge is 2.05. The van der Waals surface area contributed by atoms with Crippen molar-refractivity contribution in [2.45, 2.75) is 20.1 Å². The van der Waals surface area contributed by atoms with Crippen LogP contribution in [0.5, 0.6) is 11.5 Å². The minimum atomic E-state index is -0.288. The van der Waals surface area contributed by atoms with Crippen LogP contribution in [0.2, 0.25) is 0 Å². The van der Waals surface area contributed by atoms with Gasteiger partial charge in [0.1, 0.15) is 24.7 Å². The molecule has 1 N–H and O–H groups in total. The summed E-state index contributed by atoms with van der Waals surface area (Å²) < 4.78 is 11.6. The van der Waals surface area contributed by atoms with Gasteiger partial charge < -0.3 is 9.47 Å². The van der Waals surface area contributed by atoms with Gasteiger partial charge in [-0.1, -0.05) is 60.2 Å². The van der Waals surface area contributed by atoms with Gasteiger partial charge in [-0.05, 0) is 72.1 Å². The van der Waals surface area contributed by atoms with Crippen molar-refractivity contribution in [2.75, 3.05) is 0 Å². The lowest BCUT2D eigenvalue weighted by Gasteiger charge is -2.07. The topological polar surface area (TPSA) is 59.9 Å². The number of carbonyl (C=O) groups excluding carboxylic acids is 1. The summed E-state index contributed by atoms with van der Waals surface area (Å²) in [5.41, 5.74) is 7.33. The molecule has 34 heavy (non-hydrogen) atoms. The summed E-state index contributed by atoms with van der Waals surface area (Å²) in [5, 5.41) is 4.05. The van der Waals surface area contributed by atoms with Gasteiger partial charge in [0, 0.05) is 5.56 Å². The molecule has 0 spiro atoms. The summed E-state index contributed by atoms with van der Waals surface area (Å²) in [5.74, 6) is 1.19. The second-order valence-corrected chi connectivity index (χ2v) is 7.84. The Bertz CT molecular complexity index is 1220. The molecule has 0 aromatic heterocycles. The highest BCUT2D eigenvalue weighted by Crippen LogP contribution is 2.15. The molecule has 4 aromatic rings. The molecular formula is C29H26N2O3. The largest absolute Gasteiger partial charge is 0.489 e. The van der Waals surface area contributed by atoms with Crippen LogP contribution < -0.4 is 14.9 Å². The predicted molar refractivity (Wildman–Crippen MR) is 134 cm³/mol. The number of benzene rings is 4. The zero-order chi connectivity index (χ0) is 23.6. The summed E-state index contributed by atoms with van der Waals surface area (Å²) in [4.78, 5) is 12.3. The number of amides is 1. The van der Waals surface area contributed by atoms with E-state index in [-0.39, 0.29) is 5.91 Å². The van der Waals surface area contributed by atoms with Gasteiger partial charge in [-0.15, -0.1) is 0 Å². The maximum Gasteiger partial charge on any atom is 0.271 e. The van der Waals surface area contributed by atoms with Crippen LogP contribution >= 0.6 is 0 Å². The van der Waals surface area contributed by atoms with Crippen LogP contribution in [0.4, 0.5) is 0 Å². The molecule has 0 heterocycles. The van der Waals surface area contributed by atoms with Crippen molar-refractivity contribution in [3.8, 4) is 11.5 Å². The molecule has 5 heteroatoms. The Morgan fingerprint density at radius 3 is 1.91 bits per heavy atom. The van der Waals surface area contributed by atoms with Crippen molar-refractivity contribution < 1.29 is 14.3 Å². The SMILES string of the molecule is Cc1ccc(COc2ccc(C(=O)N/N=C/c3ccc(OCc4ccccc4)cc3)cc2)cc1. The number of aryl methyl sites for hydroxylation is 1. The first kappa shape index (κ1) is 22.8. The molecule has 0 unspecified atom stereocenters. The Labute approximate surface area is 199 Å². The van der Waals surface area contributed by atoms with E-state index in [1.165, 1.54) is 5.56 Å². The van der Waals surface area contributed by atoms with Crippen molar-refractivity contribution in [3.05, 3.63) is 131 Å². The van der Waals surface area contributed by atoms with Crippen LogP contribution in [0, 0.1) is 6.92 Å². The van der Waals surface area contributed by atoms with Gasteiger partial charge in [-0.25, -0.2) is 5.43 Å². The number of hydrazone groups is 1. The van der Waals surface area contributed by atoms with E-state index >= 15 is 0 Å². The maximum atomic E-state index is 12.3. The average Bonchev–Trinajstić information content (AvgIpc) is 2.89. The van der Waals surface area contributed by atoms with Crippen molar-refractivity contribution in [3.63, 3.8) is 0 Å². The highest BCUT2D eigenvalue weighted by molar-refractivity contribution is 5.95. The van der Waals surface area contributed by atoms with Crippen molar-refractivity contribution >= 4 is 12.1 Å². The molecule has 0 aliphatic heterocycles. The molecule has 0 atom stereocenters. The van der Waals surface area contributed by atoms with Gasteiger partial charge in [0.2, 0.25) is 0 Å². The summed E-state index contributed by atoms with van der Waals surface area (Å²) in [6.07, 6.45) is 1.60. The van der Waals surface area contributed by atoms with Gasteiger partial charge in [-0.2, -0.15) is 5.10 Å². The summed E-state index contributed by atoms with van der Waals surface area (Å²) in [6.45, 7) is 3.05. The Morgan fingerprint density at radius 1 is 0.735 bits per heavy atom. The van der Waals surface area contributed by atoms with E-state index in [1.54, 1.807) is 30.5 Å². The van der Waals surface area contributed by atoms with E-state index in [1.807, 2.05) is 66.7 Å². The monoisotopic (exact) mass is 450 g/mol. The Balaban J connectivity index is 1.23. The van der Waals surface area contributed by atoms with Crippen LogP contribution in [-0.2, 0) is 13.2 Å². The van der Waals surface area contributed by atoms with Crippen LogP contribution in [0.1, 0.15) is 32.6 Å². The zero-order valence-corrected chi connectivity index (χ0v) is 19.0. The first-order valence-corrected chi connectivity index (χ1v) is 11.0. The van der Waals surface area contributed by atoms with E-state index in [0.29, 0.717) is 24.5 Å². The van der Waals surface area contributed by atoms with Crippen LogP contribution in [-0.4, -0.2) is 12.1 Å². The fourth-order valence-corrected chi connectivity index (χ4v) is 3.17. The Hall–Kier alpha value is -4.38. The first-order valence-electron chi connectivity index (χ1n) is 11.0. The van der Waals surface area contributed by atoms with Gasteiger partial charge in [0.25, 0.3) is 5.91 Å². The molecule has 5 nitrogen and oxygen atoms in total. The Kier molecular flexibility index (Phi) is 7.70. The Morgan fingerprint density at radius 2 is 1.29 bits per heavy atom. The molecule has 4 rings (SSSR count). The molecular weight excluding hydrogens is 424 g/mol. The van der Waals surface area contributed by atoms with Gasteiger partial charge in [-0.3, -0.25) is 4.79 Å². The van der Waals surface area contributed by atoms with E-state index in [9.17, 15) is 4.79 Å². The van der Waals surface area contributed by atoms with Crippen LogP contribution in [0.15, 0.2) is 108 Å². The normalized spacial score (nSPS) is 10.7. The number of hydrogen-bond acceptors (Lipinski definition) is 4. The molecule has 0 aliphatic rings. The number of rotatable bonds is 9. The number of carbonyl (C=O) groups is 1. The quantitative estimate of drug-likeness (QED) is 0.254. The third-order valence-electron chi connectivity index (χ3n) is 5.15. The first-order chi connectivity index (χ1) is 16.7. The van der Waals surface area contributed by atoms with Gasteiger partial charge >= 0.3 is 0 Å². The maximum absolute atomic E-state index is 12.3. The second-order valence-electron chi connectivity index (χ2n) is 7.84. The van der Waals surface area contributed by atoms with Crippen molar-refractivity contribution in [1.29, 1.82) is 0 Å². The third-order valence-corrected chi connectivity index (χ3v) is 5.15. The average molecular weight is 451 g/mol. The molecule has 0 saturated carbocycles. The second kappa shape index (κ2) is 11.5. The van der Waals surface area contributed by atoms with E-state index < -0.39 is 0 Å². The lowest BCUT2D eigenvalue weighted by atomic mass is 10.2.